The first-order valence-electron chi connectivity index (χ1n) is 10.0. The van der Waals surface area contributed by atoms with Crippen LogP contribution in [0.2, 0.25) is 0 Å². The number of nitrogens with zero attached hydrogens (tertiary/aromatic N) is 2. The molecule has 6 heteroatoms. The van der Waals surface area contributed by atoms with Gasteiger partial charge in [0, 0.05) is 57.3 Å². The molecule has 0 amide bonds. The highest BCUT2D eigenvalue weighted by molar-refractivity contribution is 5.80. The molecule has 1 aromatic rings. The number of guanidine groups is 1. The van der Waals surface area contributed by atoms with E-state index in [2.05, 4.69) is 15.2 Å². The van der Waals surface area contributed by atoms with E-state index in [-0.39, 0.29) is 11.2 Å². The molecular formula is C21H30FN3O2. The number of benzene rings is 1. The fourth-order valence-electron chi connectivity index (χ4n) is 4.82. The second-order valence-electron chi connectivity index (χ2n) is 8.28. The lowest BCUT2D eigenvalue weighted by Gasteiger charge is -2.39. The Morgan fingerprint density at radius 1 is 1.19 bits per heavy atom. The molecule has 0 aromatic heterocycles. The van der Waals surface area contributed by atoms with E-state index >= 15 is 0 Å². The Bertz CT molecular complexity index is 682. The van der Waals surface area contributed by atoms with E-state index in [9.17, 15) is 4.39 Å². The van der Waals surface area contributed by atoms with E-state index in [4.69, 9.17) is 9.47 Å². The van der Waals surface area contributed by atoms with Gasteiger partial charge >= 0.3 is 0 Å². The summed E-state index contributed by atoms with van der Waals surface area (Å²) in [5.41, 5.74) is 1.23. The lowest BCUT2D eigenvalue weighted by molar-refractivity contribution is 0.0511. The Labute approximate surface area is 160 Å². The monoisotopic (exact) mass is 375 g/mol. The summed E-state index contributed by atoms with van der Waals surface area (Å²) in [5.74, 6) is 0.770. The minimum Gasteiger partial charge on any atom is -0.381 e. The van der Waals surface area contributed by atoms with Crippen molar-refractivity contribution in [2.45, 2.75) is 31.1 Å². The van der Waals surface area contributed by atoms with Gasteiger partial charge in [0.1, 0.15) is 5.82 Å². The van der Waals surface area contributed by atoms with Gasteiger partial charge in [-0.1, -0.05) is 12.1 Å². The van der Waals surface area contributed by atoms with E-state index < -0.39 is 0 Å². The van der Waals surface area contributed by atoms with Gasteiger partial charge in [-0.3, -0.25) is 4.99 Å². The first-order chi connectivity index (χ1) is 13.1. The third-order valence-corrected chi connectivity index (χ3v) is 6.61. The maximum Gasteiger partial charge on any atom is 0.193 e. The van der Waals surface area contributed by atoms with Crippen molar-refractivity contribution >= 4 is 5.96 Å². The molecule has 0 aliphatic carbocycles. The van der Waals surface area contributed by atoms with Crippen LogP contribution in [0.5, 0.6) is 0 Å². The molecular weight excluding hydrogens is 345 g/mol. The molecule has 3 fully saturated rings. The third-order valence-electron chi connectivity index (χ3n) is 6.61. The van der Waals surface area contributed by atoms with Crippen LogP contribution in [0.25, 0.3) is 0 Å². The van der Waals surface area contributed by atoms with Gasteiger partial charge in [-0.15, -0.1) is 0 Å². The molecule has 3 aliphatic rings. The quantitative estimate of drug-likeness (QED) is 0.652. The second-order valence-corrected chi connectivity index (χ2v) is 8.28. The standard InChI is InChI=1S/C21H30FN3O2/c1-23-19(25-9-5-20(15-25)6-10-27-16-20)24-14-21(7-11-26-12-8-21)17-3-2-4-18(22)13-17/h2-4,13H,5-12,14-16H2,1H3,(H,23,24). The van der Waals surface area contributed by atoms with Crippen molar-refractivity contribution in [1.82, 2.24) is 10.2 Å². The van der Waals surface area contributed by atoms with E-state index in [0.29, 0.717) is 18.6 Å². The van der Waals surface area contributed by atoms with Crippen LogP contribution in [0.1, 0.15) is 31.2 Å². The molecule has 1 unspecified atom stereocenters. The summed E-state index contributed by atoms with van der Waals surface area (Å²) in [4.78, 5) is 6.89. The van der Waals surface area contributed by atoms with E-state index in [0.717, 1.165) is 70.1 Å². The van der Waals surface area contributed by atoms with Gasteiger partial charge in [-0.25, -0.2) is 4.39 Å². The second kappa shape index (κ2) is 7.76. The highest BCUT2D eigenvalue weighted by atomic mass is 19.1. The zero-order chi connectivity index (χ0) is 18.7. The van der Waals surface area contributed by atoms with Crippen molar-refractivity contribution in [1.29, 1.82) is 0 Å². The van der Waals surface area contributed by atoms with Gasteiger partial charge in [0.05, 0.1) is 6.61 Å². The van der Waals surface area contributed by atoms with Gasteiger partial charge < -0.3 is 19.7 Å². The van der Waals surface area contributed by atoms with Crippen LogP contribution in [0.15, 0.2) is 29.3 Å². The van der Waals surface area contributed by atoms with Crippen molar-refractivity contribution in [3.63, 3.8) is 0 Å². The topological polar surface area (TPSA) is 46.1 Å². The van der Waals surface area contributed by atoms with Crippen LogP contribution in [-0.4, -0.2) is 64.0 Å². The van der Waals surface area contributed by atoms with Gasteiger partial charge in [0.2, 0.25) is 0 Å². The van der Waals surface area contributed by atoms with Gasteiger partial charge in [-0.05, 0) is 43.4 Å². The molecule has 1 aromatic carbocycles. The molecule has 27 heavy (non-hydrogen) atoms. The van der Waals surface area contributed by atoms with Crippen molar-refractivity contribution < 1.29 is 13.9 Å². The first-order valence-corrected chi connectivity index (χ1v) is 10.0. The van der Waals surface area contributed by atoms with Crippen molar-refractivity contribution in [3.8, 4) is 0 Å². The fraction of sp³-hybridized carbons (Fsp3) is 0.667. The number of hydrogen-bond acceptors (Lipinski definition) is 3. The maximum atomic E-state index is 13.9. The average molecular weight is 375 g/mol. The number of nitrogens with one attached hydrogen (secondary N) is 1. The molecule has 0 bridgehead atoms. The van der Waals surface area contributed by atoms with Crippen LogP contribution in [0.3, 0.4) is 0 Å². The molecule has 0 saturated carbocycles. The lowest BCUT2D eigenvalue weighted by atomic mass is 9.74. The zero-order valence-electron chi connectivity index (χ0n) is 16.2. The van der Waals surface area contributed by atoms with E-state index in [1.165, 1.54) is 6.07 Å². The summed E-state index contributed by atoms with van der Waals surface area (Å²) in [7, 11) is 1.84. The Kier molecular flexibility index (Phi) is 5.37. The molecule has 4 rings (SSSR count). The van der Waals surface area contributed by atoms with E-state index in [1.807, 2.05) is 13.1 Å². The number of likely N-dealkylation sites (tertiary alicyclic amines) is 1. The number of halogens is 1. The number of hydrogen-bond donors (Lipinski definition) is 1. The normalized spacial score (nSPS) is 28.1. The Balaban J connectivity index is 1.47. The van der Waals surface area contributed by atoms with Gasteiger partial charge in [0.15, 0.2) is 5.96 Å². The van der Waals surface area contributed by atoms with Crippen LogP contribution < -0.4 is 5.32 Å². The Hall–Kier alpha value is -1.66. The smallest absolute Gasteiger partial charge is 0.193 e. The highest BCUT2D eigenvalue weighted by Gasteiger charge is 2.42. The molecule has 3 heterocycles. The van der Waals surface area contributed by atoms with Crippen molar-refractivity contribution in [2.75, 3.05) is 53.1 Å². The SMILES string of the molecule is CN=C(NCC1(c2cccc(F)c2)CCOCC1)N1CCC2(CCOC2)C1. The van der Waals surface area contributed by atoms with Gasteiger partial charge in [0.25, 0.3) is 0 Å². The first kappa shape index (κ1) is 18.7. The van der Waals surface area contributed by atoms with Crippen LogP contribution in [-0.2, 0) is 14.9 Å². The van der Waals surface area contributed by atoms with Crippen molar-refractivity contribution in [3.05, 3.63) is 35.6 Å². The Morgan fingerprint density at radius 2 is 2.00 bits per heavy atom. The fourth-order valence-corrected chi connectivity index (χ4v) is 4.82. The molecule has 1 atom stereocenters. The molecule has 1 N–H and O–H groups in total. The highest BCUT2D eigenvalue weighted by Crippen LogP contribution is 2.38. The predicted molar refractivity (Wildman–Crippen MR) is 104 cm³/mol. The minimum absolute atomic E-state index is 0.121. The van der Waals surface area contributed by atoms with Crippen LogP contribution >= 0.6 is 0 Å². The Morgan fingerprint density at radius 3 is 2.70 bits per heavy atom. The summed E-state index contributed by atoms with van der Waals surface area (Å²) < 4.78 is 25.1. The summed E-state index contributed by atoms with van der Waals surface area (Å²) in [6, 6.07) is 7.04. The summed E-state index contributed by atoms with van der Waals surface area (Å²) in [5, 5.41) is 3.60. The molecule has 5 nitrogen and oxygen atoms in total. The largest absolute Gasteiger partial charge is 0.381 e. The predicted octanol–water partition coefficient (Wildman–Crippen LogP) is 2.56. The van der Waals surface area contributed by atoms with E-state index in [1.54, 1.807) is 12.1 Å². The number of aliphatic imine (C=N–C) groups is 1. The molecule has 0 radical (unpaired) electrons. The number of rotatable bonds is 3. The van der Waals surface area contributed by atoms with Crippen molar-refractivity contribution in [2.24, 2.45) is 10.4 Å². The zero-order valence-corrected chi connectivity index (χ0v) is 16.2. The minimum atomic E-state index is -0.175. The average Bonchev–Trinajstić information content (AvgIpc) is 3.33. The van der Waals surface area contributed by atoms with Crippen LogP contribution in [0, 0.1) is 11.2 Å². The van der Waals surface area contributed by atoms with Crippen LogP contribution in [0.4, 0.5) is 4.39 Å². The maximum absolute atomic E-state index is 13.9. The summed E-state index contributed by atoms with van der Waals surface area (Å²) >= 11 is 0. The summed E-state index contributed by atoms with van der Waals surface area (Å²) in [6.45, 7) is 5.92. The molecule has 148 valence electrons. The molecule has 3 aliphatic heterocycles. The molecule has 1 spiro atoms. The van der Waals surface area contributed by atoms with Gasteiger partial charge in [-0.2, -0.15) is 0 Å². The molecule has 3 saturated heterocycles. The third kappa shape index (κ3) is 3.83. The number of ether oxygens (including phenoxy) is 2. The lowest BCUT2D eigenvalue weighted by Crippen LogP contribution is -2.49. The summed E-state index contributed by atoms with van der Waals surface area (Å²) in [6.07, 6.45) is 4.08.